The van der Waals surface area contributed by atoms with Gasteiger partial charge in [-0.25, -0.2) is 0 Å². The Balaban J connectivity index is 2.16. The molecule has 0 spiro atoms. The Bertz CT molecular complexity index is 577. The van der Waals surface area contributed by atoms with Crippen LogP contribution in [-0.2, 0) is 6.42 Å². The zero-order valence-electron chi connectivity index (χ0n) is 10.7. The van der Waals surface area contributed by atoms with Crippen molar-refractivity contribution in [3.05, 3.63) is 39.9 Å². The third-order valence-corrected chi connectivity index (χ3v) is 3.60. The van der Waals surface area contributed by atoms with Gasteiger partial charge in [-0.05, 0) is 31.9 Å². The predicted molar refractivity (Wildman–Crippen MR) is 73.2 cm³/mol. The van der Waals surface area contributed by atoms with Crippen molar-refractivity contribution in [3.8, 4) is 0 Å². The standard InChI is InChI=1S/C13H15N3OS/c1-4-11-15-16-13(18-11)14-12(17)10-6-5-8(2)7-9(10)3/h5-7H,4H2,1-3H3,(H,14,16,17). The van der Waals surface area contributed by atoms with Crippen molar-refractivity contribution in [2.45, 2.75) is 27.2 Å². The van der Waals surface area contributed by atoms with E-state index in [0.29, 0.717) is 10.7 Å². The predicted octanol–water partition coefficient (Wildman–Crippen LogP) is 2.97. The molecule has 18 heavy (non-hydrogen) atoms. The largest absolute Gasteiger partial charge is 0.296 e. The highest BCUT2D eigenvalue weighted by atomic mass is 32.1. The number of hydrogen-bond donors (Lipinski definition) is 1. The first kappa shape index (κ1) is 12.7. The zero-order chi connectivity index (χ0) is 13.1. The van der Waals surface area contributed by atoms with E-state index >= 15 is 0 Å². The van der Waals surface area contributed by atoms with Crippen LogP contribution in [0, 0.1) is 13.8 Å². The van der Waals surface area contributed by atoms with Gasteiger partial charge in [0.1, 0.15) is 5.01 Å². The molecule has 0 atom stereocenters. The molecule has 94 valence electrons. The summed E-state index contributed by atoms with van der Waals surface area (Å²) in [5.41, 5.74) is 2.79. The van der Waals surface area contributed by atoms with Gasteiger partial charge in [-0.3, -0.25) is 10.1 Å². The minimum Gasteiger partial charge on any atom is -0.296 e. The molecule has 4 nitrogen and oxygen atoms in total. The summed E-state index contributed by atoms with van der Waals surface area (Å²) in [4.78, 5) is 12.1. The average Bonchev–Trinajstić information content (AvgIpc) is 2.76. The van der Waals surface area contributed by atoms with Gasteiger partial charge in [-0.2, -0.15) is 0 Å². The number of rotatable bonds is 3. The molecule has 0 saturated heterocycles. The summed E-state index contributed by atoms with van der Waals surface area (Å²) in [5, 5.41) is 12.2. The van der Waals surface area contributed by atoms with Crippen LogP contribution in [-0.4, -0.2) is 16.1 Å². The number of carbonyl (C=O) groups excluding carboxylic acids is 1. The summed E-state index contributed by atoms with van der Waals surface area (Å²) in [6.45, 7) is 5.95. The molecule has 0 aliphatic carbocycles. The van der Waals surface area contributed by atoms with Crippen molar-refractivity contribution in [3.63, 3.8) is 0 Å². The van der Waals surface area contributed by atoms with Gasteiger partial charge >= 0.3 is 0 Å². The summed E-state index contributed by atoms with van der Waals surface area (Å²) in [5.74, 6) is -0.133. The quantitative estimate of drug-likeness (QED) is 0.924. The Morgan fingerprint density at radius 3 is 2.72 bits per heavy atom. The number of hydrogen-bond acceptors (Lipinski definition) is 4. The second-order valence-corrected chi connectivity index (χ2v) is 5.19. The Kier molecular flexibility index (Phi) is 3.72. The molecule has 2 rings (SSSR count). The van der Waals surface area contributed by atoms with Gasteiger partial charge in [-0.1, -0.05) is 36.0 Å². The van der Waals surface area contributed by atoms with Crippen LogP contribution in [0.5, 0.6) is 0 Å². The van der Waals surface area contributed by atoms with Crippen molar-refractivity contribution in [2.75, 3.05) is 5.32 Å². The summed E-state index contributed by atoms with van der Waals surface area (Å²) in [6.07, 6.45) is 0.830. The van der Waals surface area contributed by atoms with Crippen molar-refractivity contribution in [1.29, 1.82) is 0 Å². The minimum atomic E-state index is -0.133. The van der Waals surface area contributed by atoms with E-state index < -0.39 is 0 Å². The van der Waals surface area contributed by atoms with Gasteiger partial charge in [-0.15, -0.1) is 10.2 Å². The molecule has 1 heterocycles. The van der Waals surface area contributed by atoms with Gasteiger partial charge in [0.15, 0.2) is 0 Å². The highest BCUT2D eigenvalue weighted by molar-refractivity contribution is 7.15. The van der Waals surface area contributed by atoms with Gasteiger partial charge in [0, 0.05) is 5.56 Å². The van der Waals surface area contributed by atoms with Crippen LogP contribution in [0.2, 0.25) is 0 Å². The first-order valence-electron chi connectivity index (χ1n) is 5.81. The molecule has 1 N–H and O–H groups in total. The zero-order valence-corrected chi connectivity index (χ0v) is 11.5. The van der Waals surface area contributed by atoms with Gasteiger partial charge < -0.3 is 0 Å². The fraction of sp³-hybridized carbons (Fsp3) is 0.308. The SMILES string of the molecule is CCc1nnc(NC(=O)c2ccc(C)cc2C)s1. The molecular formula is C13H15N3OS. The van der Waals surface area contributed by atoms with Gasteiger partial charge in [0.25, 0.3) is 5.91 Å². The maximum Gasteiger partial charge on any atom is 0.257 e. The fourth-order valence-electron chi connectivity index (χ4n) is 1.68. The molecule has 1 aromatic heterocycles. The molecule has 0 saturated carbocycles. The number of benzene rings is 1. The van der Waals surface area contributed by atoms with E-state index in [1.54, 1.807) is 0 Å². The van der Waals surface area contributed by atoms with Crippen molar-refractivity contribution >= 4 is 22.4 Å². The highest BCUT2D eigenvalue weighted by Gasteiger charge is 2.11. The van der Waals surface area contributed by atoms with E-state index in [2.05, 4.69) is 15.5 Å². The topological polar surface area (TPSA) is 54.9 Å². The summed E-state index contributed by atoms with van der Waals surface area (Å²) in [6, 6.07) is 5.76. The first-order valence-corrected chi connectivity index (χ1v) is 6.62. The molecule has 2 aromatic rings. The lowest BCUT2D eigenvalue weighted by Gasteiger charge is -2.05. The maximum absolute atomic E-state index is 12.1. The Morgan fingerprint density at radius 2 is 2.11 bits per heavy atom. The van der Waals surface area contributed by atoms with E-state index in [4.69, 9.17) is 0 Å². The number of nitrogens with one attached hydrogen (secondary N) is 1. The lowest BCUT2D eigenvalue weighted by molar-refractivity contribution is 0.102. The van der Waals surface area contributed by atoms with Gasteiger partial charge in [0.05, 0.1) is 0 Å². The van der Waals surface area contributed by atoms with Crippen molar-refractivity contribution in [1.82, 2.24) is 10.2 Å². The lowest BCUT2D eigenvalue weighted by atomic mass is 10.1. The van der Waals surface area contributed by atoms with Crippen LogP contribution in [0.4, 0.5) is 5.13 Å². The number of aryl methyl sites for hydroxylation is 3. The van der Waals surface area contributed by atoms with Crippen molar-refractivity contribution in [2.24, 2.45) is 0 Å². The van der Waals surface area contributed by atoms with Crippen LogP contribution < -0.4 is 5.32 Å². The number of carbonyl (C=O) groups is 1. The minimum absolute atomic E-state index is 0.133. The number of amides is 1. The van der Waals surface area contributed by atoms with Crippen molar-refractivity contribution < 1.29 is 4.79 Å². The first-order chi connectivity index (χ1) is 8.60. The number of aromatic nitrogens is 2. The monoisotopic (exact) mass is 261 g/mol. The average molecular weight is 261 g/mol. The van der Waals surface area contributed by atoms with Crippen LogP contribution >= 0.6 is 11.3 Å². The molecular weight excluding hydrogens is 246 g/mol. The van der Waals surface area contributed by atoms with E-state index in [-0.39, 0.29) is 5.91 Å². The summed E-state index contributed by atoms with van der Waals surface area (Å²) in [7, 11) is 0. The number of nitrogens with zero attached hydrogens (tertiary/aromatic N) is 2. The fourth-order valence-corrected chi connectivity index (χ4v) is 2.35. The molecule has 5 heteroatoms. The van der Waals surface area contributed by atoms with Gasteiger partial charge in [0.2, 0.25) is 5.13 Å². The van der Waals surface area contributed by atoms with E-state index in [0.717, 1.165) is 22.6 Å². The molecule has 0 radical (unpaired) electrons. The third kappa shape index (κ3) is 2.73. The lowest BCUT2D eigenvalue weighted by Crippen LogP contribution is -2.13. The van der Waals surface area contributed by atoms with Crippen LogP contribution in [0.3, 0.4) is 0 Å². The third-order valence-electron chi connectivity index (χ3n) is 2.62. The molecule has 0 aliphatic rings. The molecule has 1 aromatic carbocycles. The second-order valence-electron chi connectivity index (χ2n) is 4.13. The van der Waals surface area contributed by atoms with Crippen LogP contribution in [0.25, 0.3) is 0 Å². The number of anilines is 1. The smallest absolute Gasteiger partial charge is 0.257 e. The van der Waals surface area contributed by atoms with Crippen LogP contribution in [0.15, 0.2) is 18.2 Å². The van der Waals surface area contributed by atoms with Crippen LogP contribution in [0.1, 0.15) is 33.4 Å². The molecule has 0 bridgehead atoms. The Hall–Kier alpha value is -1.75. The second kappa shape index (κ2) is 5.27. The maximum atomic E-state index is 12.1. The molecule has 0 aliphatic heterocycles. The summed E-state index contributed by atoms with van der Waals surface area (Å²) < 4.78 is 0. The normalized spacial score (nSPS) is 10.4. The van der Waals surface area contributed by atoms with E-state index in [1.165, 1.54) is 11.3 Å². The molecule has 1 amide bonds. The Morgan fingerprint density at radius 1 is 1.33 bits per heavy atom. The highest BCUT2D eigenvalue weighted by Crippen LogP contribution is 2.18. The van der Waals surface area contributed by atoms with E-state index in [1.807, 2.05) is 39.0 Å². The van der Waals surface area contributed by atoms with E-state index in [9.17, 15) is 4.79 Å². The molecule has 0 unspecified atom stereocenters. The summed E-state index contributed by atoms with van der Waals surface area (Å²) >= 11 is 1.41. The molecule has 0 fully saturated rings. The Labute approximate surface area is 110 Å².